The van der Waals surface area contributed by atoms with Crippen molar-refractivity contribution in [3.63, 3.8) is 0 Å². The molecule has 1 atom stereocenters. The predicted molar refractivity (Wildman–Crippen MR) is 134 cm³/mol. The van der Waals surface area contributed by atoms with E-state index in [2.05, 4.69) is 5.32 Å². The molecule has 194 valence electrons. The second kappa shape index (κ2) is 10.1. The summed E-state index contributed by atoms with van der Waals surface area (Å²) in [5.41, 5.74) is 6.28. The number of piperidine rings is 1. The van der Waals surface area contributed by atoms with E-state index in [1.54, 1.807) is 36.4 Å². The normalized spacial score (nSPS) is 19.0. The molecule has 1 saturated heterocycles. The Hall–Kier alpha value is -3.05. The third-order valence-corrected chi connectivity index (χ3v) is 8.20. The molecule has 2 aliphatic heterocycles. The maximum absolute atomic E-state index is 14.0. The number of halogens is 3. The fourth-order valence-electron chi connectivity index (χ4n) is 4.55. The summed E-state index contributed by atoms with van der Waals surface area (Å²) in [6, 6.07) is 8.41. The first-order valence-electron chi connectivity index (χ1n) is 11.8. The van der Waals surface area contributed by atoms with E-state index in [4.69, 9.17) is 15.9 Å². The minimum atomic E-state index is -4.71. The van der Waals surface area contributed by atoms with E-state index in [0.717, 1.165) is 10.4 Å². The number of fused-ring (bicyclic) bond motifs is 1. The van der Waals surface area contributed by atoms with E-state index in [1.165, 1.54) is 13.0 Å². The zero-order valence-corrected chi connectivity index (χ0v) is 20.6. The number of nitrogens with one attached hydrogen (secondary N) is 2. The molecule has 2 heterocycles. The number of nitrogen functional groups attached to an aromatic ring is 1. The zero-order valence-electron chi connectivity index (χ0n) is 19.8. The number of sulfonamides is 1. The molecule has 0 saturated carbocycles. The summed E-state index contributed by atoms with van der Waals surface area (Å²) < 4.78 is 75.1. The lowest BCUT2D eigenvalue weighted by Gasteiger charge is -2.27. The summed E-state index contributed by atoms with van der Waals surface area (Å²) in [6.07, 6.45) is -0.305. The molecule has 0 aromatic heterocycles. The Morgan fingerprint density at radius 1 is 1.25 bits per heavy atom. The van der Waals surface area contributed by atoms with Gasteiger partial charge in [0.1, 0.15) is 17.7 Å². The van der Waals surface area contributed by atoms with Gasteiger partial charge in [0.15, 0.2) is 0 Å². The molecule has 0 aliphatic carbocycles. The lowest BCUT2D eigenvalue weighted by Crippen LogP contribution is -2.37. The van der Waals surface area contributed by atoms with E-state index in [9.17, 15) is 21.6 Å². The SMILES string of the molecule is CCS(=O)(=O)N1c2cc(C(F)(F)F)c(OC3CCNCC3)cc2CC1/C=C/c1cccc(C(=N)N)c1. The van der Waals surface area contributed by atoms with Gasteiger partial charge in [0.05, 0.1) is 23.0 Å². The van der Waals surface area contributed by atoms with E-state index < -0.39 is 27.8 Å². The molecule has 4 rings (SSSR count). The molecule has 4 N–H and O–H groups in total. The molecule has 0 amide bonds. The quantitative estimate of drug-likeness (QED) is 0.377. The highest BCUT2D eigenvalue weighted by atomic mass is 32.2. The second-order valence-electron chi connectivity index (χ2n) is 8.91. The van der Waals surface area contributed by atoms with Crippen LogP contribution in [0.25, 0.3) is 6.08 Å². The minimum Gasteiger partial charge on any atom is -0.490 e. The second-order valence-corrected chi connectivity index (χ2v) is 11.0. The van der Waals surface area contributed by atoms with E-state index in [1.807, 2.05) is 0 Å². The van der Waals surface area contributed by atoms with Crippen LogP contribution >= 0.6 is 0 Å². The highest BCUT2D eigenvalue weighted by Crippen LogP contribution is 2.45. The first kappa shape index (κ1) is 26.0. The van der Waals surface area contributed by atoms with Crippen molar-refractivity contribution in [1.29, 1.82) is 5.41 Å². The number of ether oxygens (including phenoxy) is 1. The fraction of sp³-hybridized carbons (Fsp3) is 0.400. The molecule has 0 radical (unpaired) electrons. The van der Waals surface area contributed by atoms with Gasteiger partial charge in [-0.05, 0) is 68.6 Å². The van der Waals surface area contributed by atoms with Crippen molar-refractivity contribution in [2.45, 2.75) is 44.5 Å². The van der Waals surface area contributed by atoms with Crippen LogP contribution in [0.15, 0.2) is 42.5 Å². The summed E-state index contributed by atoms with van der Waals surface area (Å²) in [4.78, 5) is 0. The number of nitrogens with two attached hydrogens (primary N) is 1. The van der Waals surface area contributed by atoms with Gasteiger partial charge in [-0.25, -0.2) is 8.42 Å². The number of nitrogens with zero attached hydrogens (tertiary/aromatic N) is 1. The Balaban J connectivity index is 1.73. The van der Waals surface area contributed by atoms with Gasteiger partial charge in [-0.3, -0.25) is 9.71 Å². The summed E-state index contributed by atoms with van der Waals surface area (Å²) in [6.45, 7) is 2.79. The Labute approximate surface area is 208 Å². The standard InChI is InChI=1S/C25H29F3N4O3S/c1-2-36(33,34)32-19(7-6-16-4-3-5-17(12-16)24(29)30)13-18-14-23(35-20-8-10-31-11-9-20)21(15-22(18)32)25(26,27)28/h3-7,12,14-15,19-20,31H,2,8-11,13H2,1H3,(H3,29,30)/b7-6+. The zero-order chi connectivity index (χ0) is 26.1. The van der Waals surface area contributed by atoms with Crippen LogP contribution in [-0.4, -0.2) is 45.2 Å². The Bertz CT molecular complexity index is 1270. The maximum Gasteiger partial charge on any atom is 0.420 e. The third-order valence-electron chi connectivity index (χ3n) is 6.41. The van der Waals surface area contributed by atoms with Crippen LogP contribution in [0.2, 0.25) is 0 Å². The van der Waals surface area contributed by atoms with Crippen molar-refractivity contribution < 1.29 is 26.3 Å². The van der Waals surface area contributed by atoms with Crippen LogP contribution in [0, 0.1) is 5.41 Å². The van der Waals surface area contributed by atoms with Crippen LogP contribution < -0.4 is 20.1 Å². The van der Waals surface area contributed by atoms with Crippen LogP contribution in [0.4, 0.5) is 18.9 Å². The number of amidine groups is 1. The lowest BCUT2D eigenvalue weighted by atomic mass is 10.0. The summed E-state index contributed by atoms with van der Waals surface area (Å²) >= 11 is 0. The van der Waals surface area contributed by atoms with Crippen LogP contribution in [0.5, 0.6) is 5.75 Å². The molecule has 1 unspecified atom stereocenters. The van der Waals surface area contributed by atoms with Gasteiger partial charge >= 0.3 is 6.18 Å². The average Bonchev–Trinajstić information content (AvgIpc) is 3.20. The number of benzene rings is 2. The molecule has 11 heteroatoms. The van der Waals surface area contributed by atoms with Gasteiger partial charge in [-0.1, -0.05) is 30.4 Å². The molecule has 7 nitrogen and oxygen atoms in total. The van der Waals surface area contributed by atoms with E-state index in [0.29, 0.717) is 42.6 Å². The van der Waals surface area contributed by atoms with Crippen molar-refractivity contribution >= 4 is 27.6 Å². The Morgan fingerprint density at radius 2 is 1.97 bits per heavy atom. The van der Waals surface area contributed by atoms with Gasteiger partial charge in [0, 0.05) is 5.56 Å². The predicted octanol–water partition coefficient (Wildman–Crippen LogP) is 3.91. The number of rotatable bonds is 7. The number of anilines is 1. The highest BCUT2D eigenvalue weighted by Gasteiger charge is 2.41. The van der Waals surface area contributed by atoms with Gasteiger partial charge < -0.3 is 15.8 Å². The molecule has 2 aromatic rings. The first-order valence-corrected chi connectivity index (χ1v) is 13.4. The van der Waals surface area contributed by atoms with Gasteiger partial charge in [-0.2, -0.15) is 13.2 Å². The van der Waals surface area contributed by atoms with Gasteiger partial charge in [-0.15, -0.1) is 0 Å². The molecule has 1 fully saturated rings. The molecule has 0 spiro atoms. The summed E-state index contributed by atoms with van der Waals surface area (Å²) in [7, 11) is -3.88. The molecular formula is C25H29F3N4O3S. The first-order chi connectivity index (χ1) is 17.0. The van der Waals surface area contributed by atoms with Crippen molar-refractivity contribution in [2.24, 2.45) is 5.73 Å². The topological polar surface area (TPSA) is 109 Å². The number of alkyl halides is 3. The van der Waals surface area contributed by atoms with E-state index in [-0.39, 0.29) is 35.6 Å². The monoisotopic (exact) mass is 522 g/mol. The lowest BCUT2D eigenvalue weighted by molar-refractivity contribution is -0.139. The van der Waals surface area contributed by atoms with Gasteiger partial charge in [0.25, 0.3) is 0 Å². The molecule has 0 bridgehead atoms. The number of hydrogen-bond acceptors (Lipinski definition) is 5. The summed E-state index contributed by atoms with van der Waals surface area (Å²) in [5.74, 6) is -0.624. The molecular weight excluding hydrogens is 493 g/mol. The summed E-state index contributed by atoms with van der Waals surface area (Å²) in [5, 5.41) is 10.8. The molecule has 36 heavy (non-hydrogen) atoms. The largest absolute Gasteiger partial charge is 0.490 e. The van der Waals surface area contributed by atoms with Crippen molar-refractivity contribution in [3.05, 3.63) is 64.7 Å². The average molecular weight is 523 g/mol. The van der Waals surface area contributed by atoms with E-state index >= 15 is 0 Å². The minimum absolute atomic E-state index is 0.0222. The smallest absolute Gasteiger partial charge is 0.420 e. The van der Waals surface area contributed by atoms with Crippen molar-refractivity contribution in [2.75, 3.05) is 23.1 Å². The van der Waals surface area contributed by atoms with Crippen LogP contribution in [-0.2, 0) is 22.6 Å². The number of hydrogen-bond donors (Lipinski definition) is 3. The van der Waals surface area contributed by atoms with Gasteiger partial charge in [0.2, 0.25) is 10.0 Å². The van der Waals surface area contributed by atoms with Crippen LogP contribution in [0.1, 0.15) is 42.0 Å². The Kier molecular flexibility index (Phi) is 7.33. The molecule has 2 aliphatic rings. The molecule has 2 aromatic carbocycles. The third kappa shape index (κ3) is 5.52. The fourth-order valence-corrected chi connectivity index (χ4v) is 5.86. The highest BCUT2D eigenvalue weighted by molar-refractivity contribution is 7.92. The van der Waals surface area contributed by atoms with Crippen molar-refractivity contribution in [1.82, 2.24) is 5.32 Å². The van der Waals surface area contributed by atoms with Crippen molar-refractivity contribution in [3.8, 4) is 5.75 Å². The Morgan fingerprint density at radius 3 is 2.61 bits per heavy atom. The van der Waals surface area contributed by atoms with Crippen LogP contribution in [0.3, 0.4) is 0 Å². The maximum atomic E-state index is 14.0.